The Bertz CT molecular complexity index is 767. The second-order valence-corrected chi connectivity index (χ2v) is 5.25. The van der Waals surface area contributed by atoms with Crippen molar-refractivity contribution in [1.82, 2.24) is 0 Å². The largest absolute Gasteiger partial charge is 0.573 e. The van der Waals surface area contributed by atoms with Crippen molar-refractivity contribution in [2.75, 3.05) is 12.4 Å². The molecule has 0 aliphatic carbocycles. The Labute approximate surface area is 147 Å². The zero-order valence-corrected chi connectivity index (χ0v) is 13.9. The number of nitrogens with one attached hydrogen (secondary N) is 1. The first-order valence-corrected chi connectivity index (χ1v) is 7.40. The standard InChI is InChI=1S/C16H15ClF3N3O2/c1-24-13-7-6-10(8-11(13)17)9-22-15(21)23-12-4-2-3-5-14(12)25-16(18,19)20/h2-8H,9H2,1H3,(H3,21,22,23). The van der Waals surface area contributed by atoms with Crippen molar-refractivity contribution in [3.63, 3.8) is 0 Å². The number of hydrogen-bond acceptors (Lipinski definition) is 3. The number of ether oxygens (including phenoxy) is 2. The number of hydrogen-bond donors (Lipinski definition) is 2. The van der Waals surface area contributed by atoms with Crippen molar-refractivity contribution in [3.8, 4) is 11.5 Å². The van der Waals surface area contributed by atoms with Crippen LogP contribution in [-0.2, 0) is 6.54 Å². The number of benzene rings is 2. The van der Waals surface area contributed by atoms with Crippen LogP contribution in [0.2, 0.25) is 5.02 Å². The normalized spacial score (nSPS) is 12.0. The van der Waals surface area contributed by atoms with E-state index in [1.807, 2.05) is 0 Å². The number of rotatable bonds is 5. The lowest BCUT2D eigenvalue weighted by molar-refractivity contribution is -0.274. The molecule has 0 aliphatic rings. The summed E-state index contributed by atoms with van der Waals surface area (Å²) in [5, 5.41) is 3.01. The Morgan fingerprint density at radius 1 is 1.20 bits per heavy atom. The fourth-order valence-electron chi connectivity index (χ4n) is 1.95. The molecular formula is C16H15ClF3N3O2. The number of halogens is 4. The van der Waals surface area contributed by atoms with Crippen molar-refractivity contribution in [2.24, 2.45) is 10.7 Å². The molecule has 3 N–H and O–H groups in total. The number of nitrogens with two attached hydrogens (primary N) is 1. The molecule has 0 unspecified atom stereocenters. The first kappa shape index (κ1) is 18.7. The Balaban J connectivity index is 2.08. The van der Waals surface area contributed by atoms with E-state index < -0.39 is 12.1 Å². The molecule has 25 heavy (non-hydrogen) atoms. The van der Waals surface area contributed by atoms with Crippen molar-refractivity contribution in [1.29, 1.82) is 0 Å². The first-order valence-electron chi connectivity index (χ1n) is 7.02. The van der Waals surface area contributed by atoms with E-state index in [0.29, 0.717) is 10.8 Å². The van der Waals surface area contributed by atoms with Gasteiger partial charge in [0.15, 0.2) is 11.7 Å². The minimum atomic E-state index is -4.80. The molecule has 5 nitrogen and oxygen atoms in total. The summed E-state index contributed by atoms with van der Waals surface area (Å²) < 4.78 is 46.2. The van der Waals surface area contributed by atoms with Crippen LogP contribution in [0.3, 0.4) is 0 Å². The summed E-state index contributed by atoms with van der Waals surface area (Å²) in [6.07, 6.45) is -4.80. The molecule has 2 aromatic rings. The number of aliphatic imine (C=N–C) groups is 1. The third-order valence-electron chi connectivity index (χ3n) is 3.02. The lowest BCUT2D eigenvalue weighted by Crippen LogP contribution is -2.24. The number of guanidine groups is 1. The van der Waals surface area contributed by atoms with Crippen molar-refractivity contribution >= 4 is 23.2 Å². The van der Waals surface area contributed by atoms with Crippen LogP contribution in [0.4, 0.5) is 18.9 Å². The average Bonchev–Trinajstić information content (AvgIpc) is 2.53. The van der Waals surface area contributed by atoms with Crippen molar-refractivity contribution < 1.29 is 22.6 Å². The number of alkyl halides is 3. The van der Waals surface area contributed by atoms with Crippen LogP contribution in [0.5, 0.6) is 11.5 Å². The summed E-state index contributed by atoms with van der Waals surface area (Å²) in [5.41, 5.74) is 6.53. The zero-order valence-electron chi connectivity index (χ0n) is 13.1. The second-order valence-electron chi connectivity index (χ2n) is 4.84. The maximum absolute atomic E-state index is 12.4. The Hall–Kier alpha value is -2.61. The quantitative estimate of drug-likeness (QED) is 0.609. The van der Waals surface area contributed by atoms with Gasteiger partial charge >= 0.3 is 6.36 Å². The van der Waals surface area contributed by atoms with Gasteiger partial charge in [0.05, 0.1) is 24.4 Å². The van der Waals surface area contributed by atoms with Gasteiger partial charge in [-0.15, -0.1) is 13.2 Å². The summed E-state index contributed by atoms with van der Waals surface area (Å²) in [6, 6.07) is 10.6. The third kappa shape index (κ3) is 5.75. The van der Waals surface area contributed by atoms with Gasteiger partial charge in [-0.1, -0.05) is 29.8 Å². The highest BCUT2D eigenvalue weighted by atomic mass is 35.5. The van der Waals surface area contributed by atoms with E-state index in [4.69, 9.17) is 22.1 Å². The van der Waals surface area contributed by atoms with Gasteiger partial charge in [-0.05, 0) is 29.8 Å². The lowest BCUT2D eigenvalue weighted by Gasteiger charge is -2.14. The molecule has 0 aliphatic heterocycles. The van der Waals surface area contributed by atoms with Gasteiger partial charge in [-0.2, -0.15) is 0 Å². The molecule has 9 heteroatoms. The highest BCUT2D eigenvalue weighted by Gasteiger charge is 2.32. The molecule has 134 valence electrons. The van der Waals surface area contributed by atoms with Crippen LogP contribution in [0.15, 0.2) is 47.5 Å². The monoisotopic (exact) mass is 373 g/mol. The van der Waals surface area contributed by atoms with Crippen LogP contribution in [0, 0.1) is 0 Å². The second kappa shape index (κ2) is 7.98. The van der Waals surface area contributed by atoms with E-state index in [0.717, 1.165) is 5.56 Å². The number of anilines is 1. The first-order chi connectivity index (χ1) is 11.8. The van der Waals surface area contributed by atoms with Crippen LogP contribution in [0.25, 0.3) is 0 Å². The summed E-state index contributed by atoms with van der Waals surface area (Å²) in [4.78, 5) is 4.07. The average molecular weight is 374 g/mol. The van der Waals surface area contributed by atoms with E-state index in [1.54, 1.807) is 24.3 Å². The van der Waals surface area contributed by atoms with E-state index in [9.17, 15) is 13.2 Å². The third-order valence-corrected chi connectivity index (χ3v) is 3.32. The highest BCUT2D eigenvalue weighted by molar-refractivity contribution is 6.32. The molecule has 0 fully saturated rings. The van der Waals surface area contributed by atoms with E-state index in [2.05, 4.69) is 15.0 Å². The number of nitrogens with zero attached hydrogens (tertiary/aromatic N) is 1. The van der Waals surface area contributed by atoms with Gasteiger partial charge in [0.1, 0.15) is 5.75 Å². The molecule has 0 spiro atoms. The molecule has 2 aromatic carbocycles. The molecule has 0 saturated heterocycles. The molecule has 0 atom stereocenters. The lowest BCUT2D eigenvalue weighted by atomic mass is 10.2. The molecule has 0 saturated carbocycles. The summed E-state index contributed by atoms with van der Waals surface area (Å²) in [7, 11) is 1.50. The molecule has 0 aromatic heterocycles. The van der Waals surface area contributed by atoms with E-state index >= 15 is 0 Å². The zero-order chi connectivity index (χ0) is 18.4. The highest BCUT2D eigenvalue weighted by Crippen LogP contribution is 2.30. The minimum Gasteiger partial charge on any atom is -0.495 e. The Kier molecular flexibility index (Phi) is 5.97. The minimum absolute atomic E-state index is 0.0499. The Morgan fingerprint density at radius 2 is 1.92 bits per heavy atom. The van der Waals surface area contributed by atoms with Crippen LogP contribution < -0.4 is 20.5 Å². The van der Waals surface area contributed by atoms with Crippen LogP contribution >= 0.6 is 11.6 Å². The van der Waals surface area contributed by atoms with Crippen molar-refractivity contribution in [2.45, 2.75) is 12.9 Å². The smallest absolute Gasteiger partial charge is 0.495 e. The maximum atomic E-state index is 12.4. The van der Waals surface area contributed by atoms with Gasteiger partial charge in [-0.25, -0.2) is 4.99 Å². The van der Waals surface area contributed by atoms with Gasteiger partial charge in [0, 0.05) is 0 Å². The van der Waals surface area contributed by atoms with Gasteiger partial charge in [0.2, 0.25) is 0 Å². The van der Waals surface area contributed by atoms with Gasteiger partial charge in [-0.3, -0.25) is 0 Å². The molecule has 0 bridgehead atoms. The molecule has 0 heterocycles. The van der Waals surface area contributed by atoms with Gasteiger partial charge < -0.3 is 20.5 Å². The number of methoxy groups -OCH3 is 1. The molecule has 0 amide bonds. The van der Waals surface area contributed by atoms with E-state index in [-0.39, 0.29) is 18.2 Å². The maximum Gasteiger partial charge on any atom is 0.573 e. The fourth-order valence-corrected chi connectivity index (χ4v) is 2.23. The predicted octanol–water partition coefficient (Wildman–Crippen LogP) is 4.17. The summed E-state index contributed by atoms with van der Waals surface area (Å²) in [6.45, 7) is 0.185. The summed E-state index contributed by atoms with van der Waals surface area (Å²) >= 11 is 6.01. The topological polar surface area (TPSA) is 68.9 Å². The number of para-hydroxylation sites is 2. The predicted molar refractivity (Wildman–Crippen MR) is 90.1 cm³/mol. The van der Waals surface area contributed by atoms with Crippen molar-refractivity contribution in [3.05, 3.63) is 53.1 Å². The van der Waals surface area contributed by atoms with Crippen LogP contribution in [-0.4, -0.2) is 19.4 Å². The van der Waals surface area contributed by atoms with Crippen LogP contribution in [0.1, 0.15) is 5.56 Å². The molecular weight excluding hydrogens is 359 g/mol. The molecule has 2 rings (SSSR count). The fraction of sp³-hybridized carbons (Fsp3) is 0.188. The Morgan fingerprint density at radius 3 is 2.56 bits per heavy atom. The summed E-state index contributed by atoms with van der Waals surface area (Å²) in [5.74, 6) is 0.0597. The van der Waals surface area contributed by atoms with Gasteiger partial charge in [0.25, 0.3) is 0 Å². The van der Waals surface area contributed by atoms with E-state index in [1.165, 1.54) is 25.3 Å². The SMILES string of the molecule is COc1ccc(CN=C(N)Nc2ccccc2OC(F)(F)F)cc1Cl. The molecule has 0 radical (unpaired) electrons.